The fourth-order valence-corrected chi connectivity index (χ4v) is 1.99. The highest BCUT2D eigenvalue weighted by atomic mass is 35.5. The highest BCUT2D eigenvalue weighted by Crippen LogP contribution is 2.32. The molecule has 1 atom stereocenters. The van der Waals surface area contributed by atoms with Crippen molar-refractivity contribution < 1.29 is 19.7 Å². The SMILES string of the molecule is COc1cc(C)c(C(CCO)C(=O)O)cc1Cl. The van der Waals surface area contributed by atoms with Crippen molar-refractivity contribution in [3.05, 3.63) is 28.3 Å². The smallest absolute Gasteiger partial charge is 0.311 e. The zero-order valence-electron chi connectivity index (χ0n) is 9.74. The van der Waals surface area contributed by atoms with Crippen LogP contribution in [0, 0.1) is 6.92 Å². The summed E-state index contributed by atoms with van der Waals surface area (Å²) in [5.74, 6) is -1.20. The quantitative estimate of drug-likeness (QED) is 0.850. The molecule has 0 radical (unpaired) electrons. The maximum atomic E-state index is 11.1. The second kappa shape index (κ2) is 5.89. The third-order valence-corrected chi connectivity index (χ3v) is 2.93. The first kappa shape index (κ1) is 13.8. The van der Waals surface area contributed by atoms with Gasteiger partial charge in [0.15, 0.2) is 0 Å². The van der Waals surface area contributed by atoms with Crippen molar-refractivity contribution in [1.29, 1.82) is 0 Å². The van der Waals surface area contributed by atoms with Crippen molar-refractivity contribution in [1.82, 2.24) is 0 Å². The third-order valence-electron chi connectivity index (χ3n) is 2.63. The van der Waals surface area contributed by atoms with Crippen molar-refractivity contribution in [2.24, 2.45) is 0 Å². The Kier molecular flexibility index (Phi) is 4.78. The van der Waals surface area contributed by atoms with Gasteiger partial charge in [0, 0.05) is 6.61 Å². The van der Waals surface area contributed by atoms with Crippen LogP contribution >= 0.6 is 11.6 Å². The molecule has 0 saturated heterocycles. The van der Waals surface area contributed by atoms with Crippen LogP contribution in [0.1, 0.15) is 23.5 Å². The van der Waals surface area contributed by atoms with Crippen LogP contribution in [0.4, 0.5) is 0 Å². The van der Waals surface area contributed by atoms with Gasteiger partial charge in [-0.2, -0.15) is 0 Å². The van der Waals surface area contributed by atoms with E-state index in [0.717, 1.165) is 5.56 Å². The third kappa shape index (κ3) is 3.11. The Morgan fingerprint density at radius 2 is 2.18 bits per heavy atom. The molecule has 1 unspecified atom stereocenters. The lowest BCUT2D eigenvalue weighted by Crippen LogP contribution is -2.14. The molecule has 5 heteroatoms. The molecule has 0 bridgehead atoms. The Bertz CT molecular complexity index is 417. The van der Waals surface area contributed by atoms with Crippen molar-refractivity contribution in [3.63, 3.8) is 0 Å². The number of aliphatic hydroxyl groups is 1. The first-order valence-electron chi connectivity index (χ1n) is 5.19. The molecule has 0 saturated carbocycles. The van der Waals surface area contributed by atoms with E-state index in [1.165, 1.54) is 7.11 Å². The van der Waals surface area contributed by atoms with Crippen molar-refractivity contribution >= 4 is 17.6 Å². The second-order valence-corrected chi connectivity index (χ2v) is 4.15. The minimum Gasteiger partial charge on any atom is -0.495 e. The Balaban J connectivity index is 3.20. The predicted octanol–water partition coefficient (Wildman–Crippen LogP) is 2.21. The number of hydrogen-bond acceptors (Lipinski definition) is 3. The molecule has 17 heavy (non-hydrogen) atoms. The molecule has 1 aromatic rings. The first-order chi connectivity index (χ1) is 8.01. The van der Waals surface area contributed by atoms with Crippen LogP contribution in [0.2, 0.25) is 5.02 Å². The molecular weight excluding hydrogens is 244 g/mol. The summed E-state index contributed by atoms with van der Waals surface area (Å²) in [4.78, 5) is 11.1. The minimum absolute atomic E-state index is 0.166. The molecule has 0 spiro atoms. The average Bonchev–Trinajstić information content (AvgIpc) is 2.28. The number of halogens is 1. The minimum atomic E-state index is -0.969. The summed E-state index contributed by atoms with van der Waals surface area (Å²) in [5.41, 5.74) is 1.39. The van der Waals surface area contributed by atoms with Gasteiger partial charge in [0.2, 0.25) is 0 Å². The van der Waals surface area contributed by atoms with Crippen LogP contribution < -0.4 is 4.74 Å². The van der Waals surface area contributed by atoms with Crippen LogP contribution in [0.25, 0.3) is 0 Å². The van der Waals surface area contributed by atoms with Gasteiger partial charge in [-0.15, -0.1) is 0 Å². The molecule has 0 aliphatic rings. The van der Waals surface area contributed by atoms with Crippen LogP contribution in [-0.4, -0.2) is 29.9 Å². The normalized spacial score (nSPS) is 12.2. The zero-order chi connectivity index (χ0) is 13.0. The summed E-state index contributed by atoms with van der Waals surface area (Å²) in [5, 5.41) is 18.4. The van der Waals surface area contributed by atoms with E-state index in [-0.39, 0.29) is 13.0 Å². The van der Waals surface area contributed by atoms with E-state index < -0.39 is 11.9 Å². The number of carbonyl (C=O) groups is 1. The first-order valence-corrected chi connectivity index (χ1v) is 5.56. The number of carboxylic acids is 1. The number of hydrogen-bond donors (Lipinski definition) is 2. The van der Waals surface area contributed by atoms with Gasteiger partial charge in [0.25, 0.3) is 0 Å². The maximum Gasteiger partial charge on any atom is 0.311 e. The number of methoxy groups -OCH3 is 1. The number of carboxylic acid groups (broad SMARTS) is 1. The standard InChI is InChI=1S/C12H15ClO4/c1-7-5-11(17-2)10(13)6-9(7)8(3-4-14)12(15)16/h5-6,8,14H,3-4H2,1-2H3,(H,15,16). The number of aliphatic hydroxyl groups excluding tert-OH is 1. The van der Waals surface area contributed by atoms with Crippen LogP contribution in [0.3, 0.4) is 0 Å². The highest BCUT2D eigenvalue weighted by molar-refractivity contribution is 6.32. The molecule has 1 aromatic carbocycles. The molecule has 0 aliphatic heterocycles. The maximum absolute atomic E-state index is 11.1. The fourth-order valence-electron chi connectivity index (χ4n) is 1.74. The molecule has 0 fully saturated rings. The van der Waals surface area contributed by atoms with Gasteiger partial charge in [-0.3, -0.25) is 4.79 Å². The van der Waals surface area contributed by atoms with E-state index in [0.29, 0.717) is 16.3 Å². The number of aliphatic carboxylic acids is 1. The van der Waals surface area contributed by atoms with E-state index >= 15 is 0 Å². The van der Waals surface area contributed by atoms with Gasteiger partial charge in [-0.05, 0) is 36.6 Å². The van der Waals surface area contributed by atoms with Crippen LogP contribution in [0.15, 0.2) is 12.1 Å². The molecule has 2 N–H and O–H groups in total. The number of ether oxygens (including phenoxy) is 1. The molecule has 0 amide bonds. The molecule has 94 valence electrons. The fraction of sp³-hybridized carbons (Fsp3) is 0.417. The van der Waals surface area contributed by atoms with Crippen LogP contribution in [-0.2, 0) is 4.79 Å². The van der Waals surface area contributed by atoms with E-state index in [1.807, 2.05) is 0 Å². The molecule has 4 nitrogen and oxygen atoms in total. The van der Waals surface area contributed by atoms with Crippen LogP contribution in [0.5, 0.6) is 5.75 Å². The predicted molar refractivity (Wildman–Crippen MR) is 64.8 cm³/mol. The summed E-state index contributed by atoms with van der Waals surface area (Å²) in [6.07, 6.45) is 0.166. The number of rotatable bonds is 5. The van der Waals surface area contributed by atoms with E-state index in [1.54, 1.807) is 19.1 Å². The Hall–Kier alpha value is -1.26. The van der Waals surface area contributed by atoms with Crippen molar-refractivity contribution in [3.8, 4) is 5.75 Å². The zero-order valence-corrected chi connectivity index (χ0v) is 10.5. The van der Waals surface area contributed by atoms with Crippen molar-refractivity contribution in [2.45, 2.75) is 19.3 Å². The molecule has 1 rings (SSSR count). The Morgan fingerprint density at radius 1 is 1.53 bits per heavy atom. The summed E-state index contributed by atoms with van der Waals surface area (Å²) < 4.78 is 5.05. The topological polar surface area (TPSA) is 66.8 Å². The van der Waals surface area contributed by atoms with E-state index in [4.69, 9.17) is 26.6 Å². The van der Waals surface area contributed by atoms with Gasteiger partial charge >= 0.3 is 5.97 Å². The molecule has 0 heterocycles. The summed E-state index contributed by atoms with van der Waals surface area (Å²) in [6, 6.07) is 3.29. The molecule has 0 aromatic heterocycles. The number of benzene rings is 1. The van der Waals surface area contributed by atoms with Gasteiger partial charge in [-0.25, -0.2) is 0 Å². The van der Waals surface area contributed by atoms with Gasteiger partial charge in [0.1, 0.15) is 5.75 Å². The lowest BCUT2D eigenvalue weighted by Gasteiger charge is -2.16. The lowest BCUT2D eigenvalue weighted by molar-refractivity contribution is -0.139. The Morgan fingerprint density at radius 3 is 2.65 bits per heavy atom. The van der Waals surface area contributed by atoms with Gasteiger partial charge in [-0.1, -0.05) is 11.6 Å². The van der Waals surface area contributed by atoms with E-state index in [2.05, 4.69) is 0 Å². The monoisotopic (exact) mass is 258 g/mol. The number of aryl methyl sites for hydroxylation is 1. The summed E-state index contributed by atoms with van der Waals surface area (Å²) in [6.45, 7) is 1.61. The average molecular weight is 259 g/mol. The van der Waals surface area contributed by atoms with Gasteiger partial charge < -0.3 is 14.9 Å². The van der Waals surface area contributed by atoms with E-state index in [9.17, 15) is 4.79 Å². The second-order valence-electron chi connectivity index (χ2n) is 3.75. The largest absolute Gasteiger partial charge is 0.495 e. The summed E-state index contributed by atoms with van der Waals surface area (Å²) >= 11 is 5.97. The highest BCUT2D eigenvalue weighted by Gasteiger charge is 2.22. The molecule has 0 aliphatic carbocycles. The molecular formula is C12H15ClO4. The summed E-state index contributed by atoms with van der Waals surface area (Å²) in [7, 11) is 1.50. The van der Waals surface area contributed by atoms with Gasteiger partial charge in [0.05, 0.1) is 18.1 Å². The Labute approximate surface area is 105 Å². The van der Waals surface area contributed by atoms with Crippen molar-refractivity contribution in [2.75, 3.05) is 13.7 Å². The lowest BCUT2D eigenvalue weighted by atomic mass is 9.92.